The first kappa shape index (κ1) is 22.4. The molecule has 0 aliphatic heterocycles. The Kier molecular flexibility index (Phi) is 7.61. The van der Waals surface area contributed by atoms with Crippen molar-refractivity contribution >= 4 is 0 Å². The second-order valence-corrected chi connectivity index (χ2v) is 7.70. The molecule has 1 aromatic heterocycles. The monoisotopic (exact) mass is 441 g/mol. The summed E-state index contributed by atoms with van der Waals surface area (Å²) in [4.78, 5) is 14.0. The van der Waals surface area contributed by atoms with Crippen molar-refractivity contribution < 1.29 is 14.9 Å². The summed E-state index contributed by atoms with van der Waals surface area (Å²) in [6.45, 7) is 0.789. The summed E-state index contributed by atoms with van der Waals surface area (Å²) in [5, 5.41) is 19.6. The zero-order chi connectivity index (χ0) is 22.9. The van der Waals surface area contributed by atoms with Crippen LogP contribution in [0.2, 0.25) is 0 Å². The Hall–Kier alpha value is -3.77. The Bertz CT molecular complexity index is 1110. The number of unbranched alkanes of at least 4 members (excludes halogenated alkanes) is 3. The van der Waals surface area contributed by atoms with Crippen LogP contribution in [0.3, 0.4) is 0 Å². The molecule has 6 nitrogen and oxygen atoms in total. The fraction of sp³-hybridized carbons (Fsp3) is 0.222. The molecule has 0 atom stereocenters. The SMILES string of the molecule is OCCCCCCOc1ccc(-c2nc(-c3ccccc3)nc(-c3ccccc3)n2)c(O)c1. The van der Waals surface area contributed by atoms with Gasteiger partial charge >= 0.3 is 0 Å². The number of hydrogen-bond donors (Lipinski definition) is 2. The first-order chi connectivity index (χ1) is 16.2. The minimum absolute atomic E-state index is 0.0528. The van der Waals surface area contributed by atoms with E-state index in [0.29, 0.717) is 35.4 Å². The summed E-state index contributed by atoms with van der Waals surface area (Å²) in [5.41, 5.74) is 2.26. The highest BCUT2D eigenvalue weighted by molar-refractivity contribution is 5.70. The number of aliphatic hydroxyl groups excluding tert-OH is 1. The van der Waals surface area contributed by atoms with Gasteiger partial charge in [-0.15, -0.1) is 0 Å². The fourth-order valence-electron chi connectivity index (χ4n) is 3.48. The topological polar surface area (TPSA) is 88.4 Å². The van der Waals surface area contributed by atoms with Crippen LogP contribution in [-0.2, 0) is 0 Å². The second kappa shape index (κ2) is 11.2. The van der Waals surface area contributed by atoms with Crippen LogP contribution in [0.5, 0.6) is 11.5 Å². The van der Waals surface area contributed by atoms with Gasteiger partial charge in [-0.3, -0.25) is 0 Å². The molecule has 3 aromatic carbocycles. The lowest BCUT2D eigenvalue weighted by Crippen LogP contribution is -2.01. The van der Waals surface area contributed by atoms with E-state index in [1.165, 1.54) is 0 Å². The van der Waals surface area contributed by atoms with Crippen molar-refractivity contribution in [2.75, 3.05) is 13.2 Å². The van der Waals surface area contributed by atoms with E-state index in [2.05, 4.69) is 15.0 Å². The van der Waals surface area contributed by atoms with Gasteiger partial charge in [0.1, 0.15) is 11.5 Å². The van der Waals surface area contributed by atoms with Crippen LogP contribution in [-0.4, -0.2) is 38.4 Å². The first-order valence-corrected chi connectivity index (χ1v) is 11.2. The molecule has 0 saturated heterocycles. The Morgan fingerprint density at radius 1 is 0.636 bits per heavy atom. The maximum Gasteiger partial charge on any atom is 0.167 e. The molecular weight excluding hydrogens is 414 g/mol. The summed E-state index contributed by atoms with van der Waals surface area (Å²) in [5.74, 6) is 2.14. The van der Waals surface area contributed by atoms with Crippen molar-refractivity contribution in [2.24, 2.45) is 0 Å². The van der Waals surface area contributed by atoms with Crippen molar-refractivity contribution in [3.63, 3.8) is 0 Å². The van der Waals surface area contributed by atoms with Gasteiger partial charge in [0.25, 0.3) is 0 Å². The lowest BCUT2D eigenvalue weighted by molar-refractivity contribution is 0.273. The Balaban J connectivity index is 1.61. The Labute approximate surface area is 193 Å². The maximum absolute atomic E-state index is 10.7. The molecule has 0 amide bonds. The lowest BCUT2D eigenvalue weighted by atomic mass is 10.1. The van der Waals surface area contributed by atoms with Crippen LogP contribution in [0.4, 0.5) is 0 Å². The van der Waals surface area contributed by atoms with Gasteiger partial charge in [0.15, 0.2) is 17.5 Å². The second-order valence-electron chi connectivity index (χ2n) is 7.70. The van der Waals surface area contributed by atoms with Crippen LogP contribution in [0.1, 0.15) is 25.7 Å². The van der Waals surface area contributed by atoms with Gasteiger partial charge in [-0.05, 0) is 31.4 Å². The molecule has 0 radical (unpaired) electrons. The molecular formula is C27H27N3O3. The summed E-state index contributed by atoms with van der Waals surface area (Å²) in [6, 6.07) is 24.6. The predicted octanol–water partition coefficient (Wildman–Crippen LogP) is 5.51. The van der Waals surface area contributed by atoms with Crippen molar-refractivity contribution in [1.29, 1.82) is 0 Å². The van der Waals surface area contributed by atoms with Crippen molar-refractivity contribution in [3.05, 3.63) is 78.9 Å². The average Bonchev–Trinajstić information content (AvgIpc) is 2.87. The largest absolute Gasteiger partial charge is 0.507 e. The molecule has 2 N–H and O–H groups in total. The number of ether oxygens (including phenoxy) is 1. The van der Waals surface area contributed by atoms with E-state index in [9.17, 15) is 5.11 Å². The molecule has 0 unspecified atom stereocenters. The van der Waals surface area contributed by atoms with Gasteiger partial charge in [-0.1, -0.05) is 67.1 Å². The zero-order valence-corrected chi connectivity index (χ0v) is 18.4. The molecule has 0 spiro atoms. The lowest BCUT2D eigenvalue weighted by Gasteiger charge is -2.11. The van der Waals surface area contributed by atoms with Crippen molar-refractivity contribution in [2.45, 2.75) is 25.7 Å². The normalized spacial score (nSPS) is 10.8. The van der Waals surface area contributed by atoms with Crippen LogP contribution in [0, 0.1) is 0 Å². The highest BCUT2D eigenvalue weighted by Crippen LogP contribution is 2.32. The van der Waals surface area contributed by atoms with Crippen LogP contribution in [0.25, 0.3) is 34.2 Å². The number of aromatic hydroxyl groups is 1. The quantitative estimate of drug-likeness (QED) is 0.316. The van der Waals surface area contributed by atoms with Gasteiger partial charge in [-0.2, -0.15) is 0 Å². The highest BCUT2D eigenvalue weighted by Gasteiger charge is 2.15. The number of benzene rings is 3. The summed E-state index contributed by atoms with van der Waals surface area (Å²) >= 11 is 0. The van der Waals surface area contributed by atoms with Gasteiger partial charge in [0.2, 0.25) is 0 Å². The van der Waals surface area contributed by atoms with Gasteiger partial charge < -0.3 is 14.9 Å². The van der Waals surface area contributed by atoms with E-state index in [1.807, 2.05) is 66.7 Å². The predicted molar refractivity (Wildman–Crippen MR) is 129 cm³/mol. The van der Waals surface area contributed by atoms with Crippen LogP contribution < -0.4 is 4.74 Å². The molecule has 0 fully saturated rings. The summed E-state index contributed by atoms with van der Waals surface area (Å²) in [7, 11) is 0. The summed E-state index contributed by atoms with van der Waals surface area (Å²) < 4.78 is 5.77. The molecule has 4 aromatic rings. The number of hydrogen-bond acceptors (Lipinski definition) is 6. The molecule has 0 aliphatic carbocycles. The van der Waals surface area contributed by atoms with Crippen molar-refractivity contribution in [1.82, 2.24) is 15.0 Å². The summed E-state index contributed by atoms with van der Waals surface area (Å²) in [6.07, 6.45) is 3.70. The number of phenols is 1. The van der Waals surface area contributed by atoms with E-state index in [-0.39, 0.29) is 12.4 Å². The van der Waals surface area contributed by atoms with Crippen LogP contribution in [0.15, 0.2) is 78.9 Å². The molecule has 6 heteroatoms. The molecule has 0 saturated carbocycles. The van der Waals surface area contributed by atoms with E-state index in [0.717, 1.165) is 36.8 Å². The molecule has 0 bridgehead atoms. The van der Waals surface area contributed by atoms with Crippen LogP contribution >= 0.6 is 0 Å². The van der Waals surface area contributed by atoms with Gasteiger partial charge in [-0.25, -0.2) is 15.0 Å². The van der Waals surface area contributed by atoms with Crippen molar-refractivity contribution in [3.8, 4) is 45.7 Å². The third-order valence-corrected chi connectivity index (χ3v) is 5.23. The molecule has 168 valence electrons. The third-order valence-electron chi connectivity index (χ3n) is 5.23. The van der Waals surface area contributed by atoms with Gasteiger partial charge in [0, 0.05) is 23.8 Å². The average molecular weight is 442 g/mol. The minimum Gasteiger partial charge on any atom is -0.507 e. The standard InChI is InChI=1S/C27H27N3O3/c31-17-9-1-2-10-18-33-22-15-16-23(24(32)19-22)27-29-25(20-11-5-3-6-12-20)28-26(30-27)21-13-7-4-8-14-21/h3-8,11-16,19,31-32H,1-2,9-10,17-18H2. The number of rotatable bonds is 10. The Morgan fingerprint density at radius 3 is 1.79 bits per heavy atom. The molecule has 1 heterocycles. The van der Waals surface area contributed by atoms with E-state index in [4.69, 9.17) is 9.84 Å². The highest BCUT2D eigenvalue weighted by atomic mass is 16.5. The molecule has 4 rings (SSSR count). The number of nitrogens with zero attached hydrogens (tertiary/aromatic N) is 3. The number of aromatic nitrogens is 3. The maximum atomic E-state index is 10.7. The van der Waals surface area contributed by atoms with Gasteiger partial charge in [0.05, 0.1) is 12.2 Å². The zero-order valence-electron chi connectivity index (χ0n) is 18.4. The number of phenolic OH excluding ortho intramolecular Hbond substituents is 1. The Morgan fingerprint density at radius 2 is 1.21 bits per heavy atom. The smallest absolute Gasteiger partial charge is 0.167 e. The number of aliphatic hydroxyl groups is 1. The van der Waals surface area contributed by atoms with E-state index < -0.39 is 0 Å². The fourth-order valence-corrected chi connectivity index (χ4v) is 3.48. The minimum atomic E-state index is 0.0528. The van der Waals surface area contributed by atoms with E-state index >= 15 is 0 Å². The third kappa shape index (κ3) is 5.93. The first-order valence-electron chi connectivity index (χ1n) is 11.2. The molecule has 0 aliphatic rings. The molecule has 33 heavy (non-hydrogen) atoms. The van der Waals surface area contributed by atoms with E-state index in [1.54, 1.807) is 12.1 Å².